The van der Waals surface area contributed by atoms with Crippen LogP contribution in [-0.2, 0) is 14.3 Å². The van der Waals surface area contributed by atoms with Crippen molar-refractivity contribution < 1.29 is 19.1 Å². The molecule has 0 saturated carbocycles. The quantitative estimate of drug-likeness (QED) is 0.722. The summed E-state index contributed by atoms with van der Waals surface area (Å²) in [5.41, 5.74) is 1.19. The van der Waals surface area contributed by atoms with Gasteiger partial charge in [0.15, 0.2) is 13.2 Å². The van der Waals surface area contributed by atoms with E-state index in [-0.39, 0.29) is 22.3 Å². The fraction of sp³-hybridized carbons (Fsp3) is 0.176. The zero-order chi connectivity index (χ0) is 18.4. The van der Waals surface area contributed by atoms with Crippen LogP contribution in [0, 0.1) is 6.92 Å². The van der Waals surface area contributed by atoms with Crippen LogP contribution in [0.4, 0.5) is 5.69 Å². The zero-order valence-corrected chi connectivity index (χ0v) is 15.4. The number of amides is 1. The first-order chi connectivity index (χ1) is 11.9. The Balaban J connectivity index is 1.81. The van der Waals surface area contributed by atoms with Crippen molar-refractivity contribution in [3.05, 3.63) is 57.0 Å². The van der Waals surface area contributed by atoms with Gasteiger partial charge < -0.3 is 14.8 Å². The molecule has 0 aliphatic heterocycles. The standard InChI is InChI=1S/C17H14Cl3NO4/c1-10-5-6-11(18)14(7-10)24-9-16(23)25-8-15(22)21-17-12(19)3-2-4-13(17)20/h2-7H,8-9H2,1H3,(H,21,22). The molecule has 0 atom stereocenters. The highest BCUT2D eigenvalue weighted by atomic mass is 35.5. The highest BCUT2D eigenvalue weighted by molar-refractivity contribution is 6.39. The highest BCUT2D eigenvalue weighted by Gasteiger charge is 2.13. The summed E-state index contributed by atoms with van der Waals surface area (Å²) < 4.78 is 10.1. The average molecular weight is 403 g/mol. The first kappa shape index (κ1) is 19.4. The molecule has 5 nitrogen and oxygen atoms in total. The number of esters is 1. The smallest absolute Gasteiger partial charge is 0.344 e. The average Bonchev–Trinajstić information content (AvgIpc) is 2.57. The van der Waals surface area contributed by atoms with Gasteiger partial charge in [-0.1, -0.05) is 46.9 Å². The van der Waals surface area contributed by atoms with Crippen LogP contribution in [-0.4, -0.2) is 25.1 Å². The Morgan fingerprint density at radius 3 is 2.36 bits per heavy atom. The molecule has 0 heterocycles. The molecule has 2 rings (SSSR count). The molecule has 25 heavy (non-hydrogen) atoms. The van der Waals surface area contributed by atoms with Crippen molar-refractivity contribution in [1.29, 1.82) is 0 Å². The summed E-state index contributed by atoms with van der Waals surface area (Å²) in [7, 11) is 0. The minimum Gasteiger partial charge on any atom is -0.480 e. The Kier molecular flexibility index (Phi) is 6.93. The topological polar surface area (TPSA) is 64.6 Å². The summed E-state index contributed by atoms with van der Waals surface area (Å²) in [5, 5.41) is 3.43. The van der Waals surface area contributed by atoms with E-state index in [1.165, 1.54) is 0 Å². The molecule has 2 aromatic carbocycles. The lowest BCUT2D eigenvalue weighted by molar-refractivity contribution is -0.149. The van der Waals surface area contributed by atoms with E-state index in [9.17, 15) is 9.59 Å². The van der Waals surface area contributed by atoms with E-state index in [0.29, 0.717) is 10.8 Å². The summed E-state index contributed by atoms with van der Waals surface area (Å²) in [6, 6.07) is 9.98. The second-order valence-electron chi connectivity index (χ2n) is 5.03. The minimum absolute atomic E-state index is 0.259. The number of halogens is 3. The molecule has 0 unspecified atom stereocenters. The fourth-order valence-corrected chi connectivity index (χ4v) is 2.50. The van der Waals surface area contributed by atoms with Crippen molar-refractivity contribution in [2.24, 2.45) is 0 Å². The number of carbonyl (C=O) groups is 2. The van der Waals surface area contributed by atoms with Crippen LogP contribution in [0.15, 0.2) is 36.4 Å². The molecule has 132 valence electrons. The maximum atomic E-state index is 11.8. The van der Waals surface area contributed by atoms with E-state index in [1.807, 2.05) is 13.0 Å². The minimum atomic E-state index is -0.710. The molecule has 0 spiro atoms. The summed E-state index contributed by atoms with van der Waals surface area (Å²) in [6.45, 7) is 1.00. The van der Waals surface area contributed by atoms with E-state index >= 15 is 0 Å². The molecule has 0 fully saturated rings. The maximum absolute atomic E-state index is 11.8. The van der Waals surface area contributed by atoms with Gasteiger partial charge in [-0.05, 0) is 36.8 Å². The van der Waals surface area contributed by atoms with Crippen molar-refractivity contribution in [3.63, 3.8) is 0 Å². The number of para-hydroxylation sites is 1. The number of ether oxygens (including phenoxy) is 2. The van der Waals surface area contributed by atoms with E-state index in [1.54, 1.807) is 30.3 Å². The normalized spacial score (nSPS) is 10.2. The molecular formula is C17H14Cl3NO4. The third kappa shape index (κ3) is 5.81. The van der Waals surface area contributed by atoms with Crippen LogP contribution >= 0.6 is 34.8 Å². The lowest BCUT2D eigenvalue weighted by Crippen LogP contribution is -2.24. The van der Waals surface area contributed by atoms with Crippen LogP contribution in [0.5, 0.6) is 5.75 Å². The molecule has 0 bridgehead atoms. The maximum Gasteiger partial charge on any atom is 0.344 e. The number of nitrogens with one attached hydrogen (secondary N) is 1. The first-order valence-corrected chi connectivity index (χ1v) is 8.28. The Morgan fingerprint density at radius 2 is 1.68 bits per heavy atom. The largest absolute Gasteiger partial charge is 0.480 e. The second kappa shape index (κ2) is 8.94. The Hall–Kier alpha value is -1.95. The van der Waals surface area contributed by atoms with E-state index in [0.717, 1.165) is 5.56 Å². The first-order valence-electron chi connectivity index (χ1n) is 7.15. The molecule has 2 aromatic rings. The van der Waals surface area contributed by atoms with E-state index < -0.39 is 18.5 Å². The van der Waals surface area contributed by atoms with Crippen LogP contribution in [0.25, 0.3) is 0 Å². The van der Waals surface area contributed by atoms with Gasteiger partial charge in [-0.15, -0.1) is 0 Å². The van der Waals surface area contributed by atoms with Crippen LogP contribution in [0.1, 0.15) is 5.56 Å². The van der Waals surface area contributed by atoms with Gasteiger partial charge in [0.05, 0.1) is 20.8 Å². The number of anilines is 1. The van der Waals surface area contributed by atoms with Crippen molar-refractivity contribution in [1.82, 2.24) is 0 Å². The van der Waals surface area contributed by atoms with Gasteiger partial charge in [0, 0.05) is 0 Å². The Labute approximate surface area is 159 Å². The van der Waals surface area contributed by atoms with Crippen molar-refractivity contribution in [2.45, 2.75) is 6.92 Å². The lowest BCUT2D eigenvalue weighted by atomic mass is 10.2. The van der Waals surface area contributed by atoms with Gasteiger partial charge in [0.1, 0.15) is 5.75 Å². The van der Waals surface area contributed by atoms with E-state index in [2.05, 4.69) is 5.32 Å². The molecule has 0 aromatic heterocycles. The van der Waals surface area contributed by atoms with Gasteiger partial charge in [-0.2, -0.15) is 0 Å². The monoisotopic (exact) mass is 401 g/mol. The molecule has 8 heteroatoms. The van der Waals surface area contributed by atoms with Crippen molar-refractivity contribution >= 4 is 52.4 Å². The molecule has 0 saturated heterocycles. The number of hydrogen-bond donors (Lipinski definition) is 1. The van der Waals surface area contributed by atoms with Gasteiger partial charge in [-0.25, -0.2) is 4.79 Å². The van der Waals surface area contributed by atoms with Crippen molar-refractivity contribution in [3.8, 4) is 5.75 Å². The lowest BCUT2D eigenvalue weighted by Gasteiger charge is -2.10. The summed E-state index contributed by atoms with van der Waals surface area (Å²) in [5.74, 6) is -0.916. The van der Waals surface area contributed by atoms with Gasteiger partial charge in [0.2, 0.25) is 0 Å². The van der Waals surface area contributed by atoms with E-state index in [4.69, 9.17) is 44.3 Å². The molecule has 0 aliphatic carbocycles. The predicted molar refractivity (Wildman–Crippen MR) is 97.7 cm³/mol. The molecule has 1 amide bonds. The predicted octanol–water partition coefficient (Wildman–Crippen LogP) is 4.52. The van der Waals surface area contributed by atoms with Crippen LogP contribution < -0.4 is 10.1 Å². The number of hydrogen-bond acceptors (Lipinski definition) is 4. The summed E-state index contributed by atoms with van der Waals surface area (Å²) in [6.07, 6.45) is 0. The number of rotatable bonds is 6. The fourth-order valence-electron chi connectivity index (χ4n) is 1.84. The van der Waals surface area contributed by atoms with Crippen LogP contribution in [0.2, 0.25) is 15.1 Å². The molecule has 0 aliphatic rings. The Bertz CT molecular complexity index is 775. The summed E-state index contributed by atoms with van der Waals surface area (Å²) in [4.78, 5) is 23.5. The van der Waals surface area contributed by atoms with Gasteiger partial charge in [0.25, 0.3) is 5.91 Å². The molecular weight excluding hydrogens is 389 g/mol. The zero-order valence-electron chi connectivity index (χ0n) is 13.1. The third-order valence-electron chi connectivity index (χ3n) is 3.02. The van der Waals surface area contributed by atoms with Crippen molar-refractivity contribution in [2.75, 3.05) is 18.5 Å². The molecule has 1 N–H and O–H groups in total. The number of aryl methyl sites for hydroxylation is 1. The summed E-state index contributed by atoms with van der Waals surface area (Å²) >= 11 is 17.8. The van der Waals surface area contributed by atoms with Gasteiger partial charge >= 0.3 is 5.97 Å². The third-order valence-corrected chi connectivity index (χ3v) is 3.97. The highest BCUT2D eigenvalue weighted by Crippen LogP contribution is 2.29. The Morgan fingerprint density at radius 1 is 1.00 bits per heavy atom. The molecule has 0 radical (unpaired) electrons. The number of benzene rings is 2. The van der Waals surface area contributed by atoms with Crippen LogP contribution in [0.3, 0.4) is 0 Å². The van der Waals surface area contributed by atoms with Gasteiger partial charge in [-0.3, -0.25) is 4.79 Å². The second-order valence-corrected chi connectivity index (χ2v) is 6.25. The SMILES string of the molecule is Cc1ccc(Cl)c(OCC(=O)OCC(=O)Nc2c(Cl)cccc2Cl)c1. The number of carbonyl (C=O) groups excluding carboxylic acids is 2.